The average Bonchev–Trinajstić information content (AvgIpc) is 2.92. The van der Waals surface area contributed by atoms with Crippen LogP contribution in [0.1, 0.15) is 26.2 Å². The van der Waals surface area contributed by atoms with Crippen molar-refractivity contribution in [3.05, 3.63) is 11.8 Å². The van der Waals surface area contributed by atoms with Crippen molar-refractivity contribution in [1.82, 2.24) is 10.2 Å². The number of unbranched alkanes of at least 4 members (excludes halogenated alkanes) is 1. The van der Waals surface area contributed by atoms with E-state index in [1.807, 2.05) is 4.90 Å². The van der Waals surface area contributed by atoms with Crippen LogP contribution in [-0.4, -0.2) is 62.4 Å². The smallest absolute Gasteiger partial charge is 0.173 e. The van der Waals surface area contributed by atoms with Crippen LogP contribution in [0.2, 0.25) is 0 Å². The molecule has 0 saturated carbocycles. The van der Waals surface area contributed by atoms with Crippen molar-refractivity contribution in [3.8, 4) is 0 Å². The Labute approximate surface area is 137 Å². The van der Waals surface area contributed by atoms with Crippen LogP contribution in [-0.2, 0) is 19.7 Å². The third-order valence-electron chi connectivity index (χ3n) is 3.89. The Bertz CT molecular complexity index is 667. The van der Waals surface area contributed by atoms with E-state index in [1.54, 1.807) is 6.08 Å². The lowest BCUT2D eigenvalue weighted by atomic mass is 10.2. The van der Waals surface area contributed by atoms with Gasteiger partial charge in [0.05, 0.1) is 23.0 Å². The molecule has 0 aromatic heterocycles. The van der Waals surface area contributed by atoms with Gasteiger partial charge < -0.3 is 10.2 Å². The van der Waals surface area contributed by atoms with E-state index in [9.17, 15) is 16.8 Å². The second-order valence-corrected chi connectivity index (χ2v) is 10.5. The largest absolute Gasteiger partial charge is 0.345 e. The molecule has 0 amide bonds. The fraction of sp³-hybridized carbons (Fsp3) is 0.769. The molecule has 0 aliphatic carbocycles. The molecule has 1 N–H and O–H groups in total. The Hall–Kier alpha value is -0.670. The Morgan fingerprint density at radius 1 is 1.36 bits per heavy atom. The molecule has 2 aliphatic rings. The zero-order valence-electron chi connectivity index (χ0n) is 12.6. The topological polar surface area (TPSA) is 83.6 Å². The normalized spacial score (nSPS) is 25.7. The predicted octanol–water partition coefficient (Wildman–Crippen LogP) is 0.462. The van der Waals surface area contributed by atoms with E-state index in [1.165, 1.54) is 0 Å². The molecule has 6 nitrogen and oxygen atoms in total. The van der Waals surface area contributed by atoms with Crippen LogP contribution in [0.5, 0.6) is 0 Å². The second-order valence-electron chi connectivity index (χ2n) is 5.82. The van der Waals surface area contributed by atoms with Crippen molar-refractivity contribution in [2.75, 3.05) is 29.6 Å². The van der Waals surface area contributed by atoms with Crippen molar-refractivity contribution in [3.63, 3.8) is 0 Å². The van der Waals surface area contributed by atoms with Gasteiger partial charge >= 0.3 is 0 Å². The van der Waals surface area contributed by atoms with Crippen molar-refractivity contribution < 1.29 is 16.8 Å². The number of rotatable bonds is 5. The number of sulfone groups is 2. The third kappa shape index (κ3) is 4.66. The second kappa shape index (κ2) is 6.84. The molecule has 22 heavy (non-hydrogen) atoms. The molecule has 1 fully saturated rings. The van der Waals surface area contributed by atoms with E-state index < -0.39 is 19.7 Å². The summed E-state index contributed by atoms with van der Waals surface area (Å²) in [7, 11) is -6.03. The number of hydrogen-bond donors (Lipinski definition) is 1. The SMILES string of the molecule is CCCCN(C(=S)NC1=CCS(=O)(=O)C1)C1CCS(=O)(=O)C1. The molecule has 9 heteroatoms. The van der Waals surface area contributed by atoms with Crippen LogP contribution < -0.4 is 5.32 Å². The van der Waals surface area contributed by atoms with Gasteiger partial charge in [0, 0.05) is 18.3 Å². The molecular weight excluding hydrogens is 344 g/mol. The molecule has 0 aromatic rings. The van der Waals surface area contributed by atoms with Gasteiger partial charge in [-0.25, -0.2) is 16.8 Å². The maximum atomic E-state index is 11.7. The van der Waals surface area contributed by atoms with Crippen LogP contribution in [0.4, 0.5) is 0 Å². The first-order chi connectivity index (χ1) is 10.2. The van der Waals surface area contributed by atoms with Crippen LogP contribution in [0.3, 0.4) is 0 Å². The summed E-state index contributed by atoms with van der Waals surface area (Å²) in [6, 6.07) is -0.116. The first kappa shape index (κ1) is 17.7. The number of nitrogens with zero attached hydrogens (tertiary/aromatic N) is 1. The molecule has 0 bridgehead atoms. The van der Waals surface area contributed by atoms with Gasteiger partial charge in [-0.05, 0) is 31.1 Å². The molecule has 2 heterocycles. The van der Waals surface area contributed by atoms with E-state index >= 15 is 0 Å². The molecule has 1 atom stereocenters. The Morgan fingerprint density at radius 3 is 2.59 bits per heavy atom. The van der Waals surface area contributed by atoms with Gasteiger partial charge in [-0.15, -0.1) is 0 Å². The van der Waals surface area contributed by atoms with Gasteiger partial charge in [-0.1, -0.05) is 13.3 Å². The molecule has 2 aliphatic heterocycles. The zero-order valence-corrected chi connectivity index (χ0v) is 15.1. The summed E-state index contributed by atoms with van der Waals surface area (Å²) in [5.41, 5.74) is 0.590. The van der Waals surface area contributed by atoms with Crippen molar-refractivity contribution in [1.29, 1.82) is 0 Å². The lowest BCUT2D eigenvalue weighted by Crippen LogP contribution is -2.47. The summed E-state index contributed by atoms with van der Waals surface area (Å²) in [5, 5.41) is 3.42. The highest BCUT2D eigenvalue weighted by Gasteiger charge is 2.33. The lowest BCUT2D eigenvalue weighted by molar-refractivity contribution is 0.326. The van der Waals surface area contributed by atoms with Gasteiger partial charge in [0.15, 0.2) is 24.8 Å². The van der Waals surface area contributed by atoms with Crippen LogP contribution >= 0.6 is 12.2 Å². The minimum atomic E-state index is -3.05. The van der Waals surface area contributed by atoms with Crippen LogP contribution in [0.25, 0.3) is 0 Å². The van der Waals surface area contributed by atoms with E-state index in [4.69, 9.17) is 12.2 Å². The first-order valence-corrected chi connectivity index (χ1v) is 11.4. The summed E-state index contributed by atoms with van der Waals surface area (Å²) in [5.74, 6) is 0.318. The minimum absolute atomic E-state index is 0.0300. The molecular formula is C13H22N2O4S3. The molecule has 0 aromatic carbocycles. The fourth-order valence-electron chi connectivity index (χ4n) is 2.68. The van der Waals surface area contributed by atoms with Crippen molar-refractivity contribution >= 4 is 37.0 Å². The van der Waals surface area contributed by atoms with Gasteiger partial charge in [-0.3, -0.25) is 0 Å². The van der Waals surface area contributed by atoms with E-state index in [2.05, 4.69) is 12.2 Å². The quantitative estimate of drug-likeness (QED) is 0.708. The molecule has 126 valence electrons. The van der Waals surface area contributed by atoms with E-state index in [0.717, 1.165) is 12.8 Å². The highest BCUT2D eigenvalue weighted by atomic mass is 32.2. The summed E-state index contributed by atoms with van der Waals surface area (Å²) in [4.78, 5) is 1.91. The maximum Gasteiger partial charge on any atom is 0.173 e. The number of thiocarbonyl (C=S) groups is 1. The summed E-state index contributed by atoms with van der Waals surface area (Å²) in [6.45, 7) is 2.74. The highest BCUT2D eigenvalue weighted by Crippen LogP contribution is 2.19. The third-order valence-corrected chi connectivity index (χ3v) is 7.40. The molecule has 0 radical (unpaired) electrons. The molecule has 1 saturated heterocycles. The van der Waals surface area contributed by atoms with Gasteiger partial charge in [0.1, 0.15) is 0 Å². The molecule has 2 rings (SSSR count). The van der Waals surface area contributed by atoms with Crippen LogP contribution in [0, 0.1) is 0 Å². The number of hydrogen-bond acceptors (Lipinski definition) is 5. The fourth-order valence-corrected chi connectivity index (χ4v) is 6.02. The predicted molar refractivity (Wildman–Crippen MR) is 91.1 cm³/mol. The minimum Gasteiger partial charge on any atom is -0.345 e. The highest BCUT2D eigenvalue weighted by molar-refractivity contribution is 7.92. The van der Waals surface area contributed by atoms with Gasteiger partial charge in [-0.2, -0.15) is 0 Å². The Kier molecular flexibility index (Phi) is 5.50. The van der Waals surface area contributed by atoms with E-state index in [0.29, 0.717) is 23.8 Å². The lowest BCUT2D eigenvalue weighted by Gasteiger charge is -2.31. The summed E-state index contributed by atoms with van der Waals surface area (Å²) in [6.07, 6.45) is 4.10. The molecule has 0 spiro atoms. The first-order valence-electron chi connectivity index (χ1n) is 7.40. The average molecular weight is 367 g/mol. The zero-order chi connectivity index (χ0) is 16.4. The van der Waals surface area contributed by atoms with Crippen LogP contribution in [0.15, 0.2) is 11.8 Å². The number of nitrogens with one attached hydrogen (secondary N) is 1. The van der Waals surface area contributed by atoms with Gasteiger partial charge in [0.25, 0.3) is 0 Å². The van der Waals surface area contributed by atoms with Crippen molar-refractivity contribution in [2.45, 2.75) is 32.2 Å². The monoisotopic (exact) mass is 366 g/mol. The van der Waals surface area contributed by atoms with Gasteiger partial charge in [0.2, 0.25) is 0 Å². The molecule has 1 unspecified atom stereocenters. The Balaban J connectivity index is 2.04. The summed E-state index contributed by atoms with van der Waals surface area (Å²) < 4.78 is 46.3. The summed E-state index contributed by atoms with van der Waals surface area (Å²) >= 11 is 5.40. The standard InChI is InChI=1S/C13H22N2O4S3/c1-2-3-6-15(12-5-8-22(18,19)10-12)13(20)14-11-4-7-21(16,17)9-11/h4,12H,2-3,5-10H2,1H3,(H,14,20). The maximum absolute atomic E-state index is 11.7. The van der Waals surface area contributed by atoms with Crippen molar-refractivity contribution in [2.24, 2.45) is 0 Å². The van der Waals surface area contributed by atoms with E-state index in [-0.39, 0.29) is 29.1 Å². The Morgan fingerprint density at radius 2 is 2.09 bits per heavy atom.